The minimum Gasteiger partial charge on any atom is -0.487 e. The molecule has 6 rings (SSSR count). The molecule has 2 aliphatic heterocycles. The number of anilines is 1. The summed E-state index contributed by atoms with van der Waals surface area (Å²) in [4.78, 5) is 28.4. The lowest BCUT2D eigenvalue weighted by Crippen LogP contribution is -2.51. The van der Waals surface area contributed by atoms with Crippen LogP contribution in [-0.4, -0.2) is 49.2 Å². The number of nitrogens with two attached hydrogens (primary N) is 1. The van der Waals surface area contributed by atoms with E-state index in [1.807, 2.05) is 13.8 Å². The maximum Gasteiger partial charge on any atom is 0.573 e. The van der Waals surface area contributed by atoms with E-state index in [1.165, 1.54) is 24.4 Å². The van der Waals surface area contributed by atoms with Crippen molar-refractivity contribution < 1.29 is 27.4 Å². The molecular weight excluding hydrogens is 477 g/mol. The molecular formula is C24H21F3N6O3. The predicted octanol–water partition coefficient (Wildman–Crippen LogP) is 4.13. The average Bonchev–Trinajstić information content (AvgIpc) is 3.41. The second-order valence-electron chi connectivity index (χ2n) is 9.85. The number of nitrogens with zero attached hydrogens (tertiary/aromatic N) is 5. The molecule has 0 bridgehead atoms. The smallest absolute Gasteiger partial charge is 0.487 e. The van der Waals surface area contributed by atoms with Crippen molar-refractivity contribution in [2.24, 2.45) is 5.41 Å². The van der Waals surface area contributed by atoms with E-state index in [1.54, 1.807) is 27.9 Å². The fourth-order valence-electron chi connectivity index (χ4n) is 5.22. The zero-order valence-corrected chi connectivity index (χ0v) is 19.3. The van der Waals surface area contributed by atoms with E-state index in [2.05, 4.69) is 19.7 Å². The summed E-state index contributed by atoms with van der Waals surface area (Å²) in [5.74, 6) is -0.121. The SMILES string of the molecule is CC1(C)CC2Oc3cc(OC(F)(F)F)ccc3C2N(C(=O)c2cc3c(cn2)nc(N)c2cncn23)C1. The molecule has 1 fully saturated rings. The molecule has 2 N–H and O–H groups in total. The van der Waals surface area contributed by atoms with E-state index < -0.39 is 18.5 Å². The van der Waals surface area contributed by atoms with Crippen LogP contribution in [0.1, 0.15) is 42.4 Å². The third-order valence-corrected chi connectivity index (χ3v) is 6.60. The Morgan fingerprint density at radius 3 is 2.81 bits per heavy atom. The molecule has 0 saturated carbocycles. The molecule has 0 aliphatic carbocycles. The Bertz CT molecular complexity index is 1530. The zero-order chi connectivity index (χ0) is 25.4. The standard InChI is InChI=1S/C24H21F3N6O3/c1-23(2)7-19-20(13-4-3-12(5-18(13)35-19)36-24(25,26)27)32(10-23)22(34)14-6-16-15(8-30-14)31-21(28)17-9-29-11-33(16)17/h3-6,8-9,11,19-20H,7,10H2,1-2H3,(H2,28,31). The number of benzene rings is 1. The van der Waals surface area contributed by atoms with E-state index in [9.17, 15) is 18.0 Å². The zero-order valence-electron chi connectivity index (χ0n) is 19.3. The monoisotopic (exact) mass is 498 g/mol. The second kappa shape index (κ2) is 7.45. The Hall–Kier alpha value is -4.09. The van der Waals surface area contributed by atoms with Crippen molar-refractivity contribution in [2.45, 2.75) is 38.8 Å². The van der Waals surface area contributed by atoms with Crippen LogP contribution >= 0.6 is 0 Å². The highest BCUT2D eigenvalue weighted by Gasteiger charge is 2.49. The van der Waals surface area contributed by atoms with Gasteiger partial charge in [-0.25, -0.2) is 15.0 Å². The molecule has 2 atom stereocenters. The third-order valence-electron chi connectivity index (χ3n) is 6.60. The third kappa shape index (κ3) is 3.64. The van der Waals surface area contributed by atoms with Gasteiger partial charge in [0.15, 0.2) is 0 Å². The number of fused-ring (bicyclic) bond motifs is 6. The number of carbonyl (C=O) groups excluding carboxylic acids is 1. The quantitative estimate of drug-likeness (QED) is 0.443. The number of amides is 1. The molecule has 0 radical (unpaired) electrons. The van der Waals surface area contributed by atoms with Crippen molar-refractivity contribution in [2.75, 3.05) is 12.3 Å². The van der Waals surface area contributed by atoms with Crippen LogP contribution in [0.15, 0.2) is 43.0 Å². The predicted molar refractivity (Wildman–Crippen MR) is 122 cm³/mol. The molecule has 36 heavy (non-hydrogen) atoms. The van der Waals surface area contributed by atoms with Crippen LogP contribution in [0.5, 0.6) is 11.5 Å². The van der Waals surface area contributed by atoms with Gasteiger partial charge >= 0.3 is 6.36 Å². The van der Waals surface area contributed by atoms with Gasteiger partial charge in [0, 0.05) is 18.2 Å². The van der Waals surface area contributed by atoms with Crippen molar-refractivity contribution >= 4 is 28.3 Å². The topological polar surface area (TPSA) is 108 Å². The molecule has 0 spiro atoms. The van der Waals surface area contributed by atoms with Gasteiger partial charge in [0.2, 0.25) is 0 Å². The molecule has 12 heteroatoms. The summed E-state index contributed by atoms with van der Waals surface area (Å²) in [6, 6.07) is 5.15. The Morgan fingerprint density at radius 1 is 1.22 bits per heavy atom. The first-order chi connectivity index (χ1) is 17.0. The van der Waals surface area contributed by atoms with Gasteiger partial charge in [0.25, 0.3) is 5.91 Å². The van der Waals surface area contributed by atoms with Crippen molar-refractivity contribution in [1.82, 2.24) is 24.3 Å². The van der Waals surface area contributed by atoms with E-state index in [-0.39, 0.29) is 28.5 Å². The van der Waals surface area contributed by atoms with E-state index >= 15 is 0 Å². The molecule has 1 aromatic carbocycles. The van der Waals surface area contributed by atoms with Gasteiger partial charge in [-0.1, -0.05) is 13.8 Å². The molecule has 5 heterocycles. The number of ether oxygens (including phenoxy) is 2. The highest BCUT2D eigenvalue weighted by molar-refractivity contribution is 5.96. The lowest BCUT2D eigenvalue weighted by molar-refractivity contribution is -0.274. The van der Waals surface area contributed by atoms with Gasteiger partial charge < -0.3 is 20.1 Å². The second-order valence-corrected chi connectivity index (χ2v) is 9.85. The maximum absolute atomic E-state index is 13.8. The van der Waals surface area contributed by atoms with Crippen LogP contribution in [0, 0.1) is 5.41 Å². The lowest BCUT2D eigenvalue weighted by Gasteiger charge is -2.44. The van der Waals surface area contributed by atoms with E-state index in [4.69, 9.17) is 10.5 Å². The summed E-state index contributed by atoms with van der Waals surface area (Å²) < 4.78 is 50.0. The number of hydrogen-bond acceptors (Lipinski definition) is 7. The Morgan fingerprint density at radius 2 is 2.03 bits per heavy atom. The number of pyridine rings is 1. The van der Waals surface area contributed by atoms with Gasteiger partial charge in [0.05, 0.1) is 30.3 Å². The van der Waals surface area contributed by atoms with Crippen LogP contribution in [0.25, 0.3) is 16.6 Å². The summed E-state index contributed by atoms with van der Waals surface area (Å²) in [7, 11) is 0. The highest BCUT2D eigenvalue weighted by atomic mass is 19.4. The summed E-state index contributed by atoms with van der Waals surface area (Å²) in [5.41, 5.74) is 8.28. The first kappa shape index (κ1) is 22.4. The van der Waals surface area contributed by atoms with Gasteiger partial charge in [-0.3, -0.25) is 9.20 Å². The number of aromatic nitrogens is 4. The number of piperidine rings is 1. The Kier molecular flexibility index (Phi) is 4.63. The van der Waals surface area contributed by atoms with Crippen molar-refractivity contribution in [3.05, 3.63) is 54.2 Å². The van der Waals surface area contributed by atoms with E-state index in [0.717, 1.165) is 0 Å². The van der Waals surface area contributed by atoms with Gasteiger partial charge in [-0.05, 0) is 30.0 Å². The molecule has 1 saturated heterocycles. The molecule has 9 nitrogen and oxygen atoms in total. The molecule has 186 valence electrons. The van der Waals surface area contributed by atoms with Crippen molar-refractivity contribution in [3.8, 4) is 11.5 Å². The number of imidazole rings is 1. The molecule has 1 amide bonds. The highest BCUT2D eigenvalue weighted by Crippen LogP contribution is 2.50. The number of hydrogen-bond donors (Lipinski definition) is 1. The number of alkyl halides is 3. The molecule has 3 aromatic heterocycles. The normalized spacial score (nSPS) is 20.8. The van der Waals surface area contributed by atoms with Crippen molar-refractivity contribution in [1.29, 1.82) is 0 Å². The molecule has 2 aliphatic rings. The first-order valence-corrected chi connectivity index (χ1v) is 11.2. The fraction of sp³-hybridized carbons (Fsp3) is 0.333. The number of rotatable bonds is 2. The minimum atomic E-state index is -4.81. The number of halogens is 3. The summed E-state index contributed by atoms with van der Waals surface area (Å²) >= 11 is 0. The van der Waals surface area contributed by atoms with Gasteiger partial charge in [-0.2, -0.15) is 0 Å². The fourth-order valence-corrected chi connectivity index (χ4v) is 5.22. The van der Waals surface area contributed by atoms with Crippen molar-refractivity contribution in [3.63, 3.8) is 0 Å². The van der Waals surface area contributed by atoms with Crippen LogP contribution < -0.4 is 15.2 Å². The number of carbonyl (C=O) groups is 1. The van der Waals surface area contributed by atoms with Crippen LogP contribution in [0.3, 0.4) is 0 Å². The van der Waals surface area contributed by atoms with Gasteiger partial charge in [0.1, 0.15) is 40.1 Å². The van der Waals surface area contributed by atoms with Gasteiger partial charge in [-0.15, -0.1) is 13.2 Å². The minimum absolute atomic E-state index is 0.200. The van der Waals surface area contributed by atoms with Crippen LogP contribution in [0.2, 0.25) is 0 Å². The number of likely N-dealkylation sites (tertiary alicyclic amines) is 1. The molecule has 4 aromatic rings. The largest absolute Gasteiger partial charge is 0.573 e. The lowest BCUT2D eigenvalue weighted by atomic mass is 9.78. The Labute approximate surface area is 202 Å². The van der Waals surface area contributed by atoms with Crippen LogP contribution in [0.4, 0.5) is 19.0 Å². The maximum atomic E-state index is 13.8. The summed E-state index contributed by atoms with van der Waals surface area (Å²) in [6.45, 7) is 4.45. The summed E-state index contributed by atoms with van der Waals surface area (Å²) in [6.07, 6.45) is 0.0545. The van der Waals surface area contributed by atoms with Crippen LogP contribution in [-0.2, 0) is 0 Å². The molecule has 2 unspecified atom stereocenters. The Balaban J connectivity index is 1.40. The average molecular weight is 498 g/mol. The van der Waals surface area contributed by atoms with E-state index in [0.29, 0.717) is 40.9 Å². The summed E-state index contributed by atoms with van der Waals surface area (Å²) in [5, 5.41) is 0. The number of nitrogen functional groups attached to an aromatic ring is 1. The first-order valence-electron chi connectivity index (χ1n) is 11.2.